The summed E-state index contributed by atoms with van der Waals surface area (Å²) in [6, 6.07) is 0. The maximum Gasteiger partial charge on any atom is 0.110 e. The Hall–Kier alpha value is -0.200. The number of hydrogen-bond donors (Lipinski definition) is 4. The fraction of sp³-hybridized carbons (Fsp3) is 1.00. The van der Waals surface area contributed by atoms with Crippen LogP contribution in [0.4, 0.5) is 0 Å². The second-order valence-corrected chi connectivity index (χ2v) is 2.20. The van der Waals surface area contributed by atoms with Crippen molar-refractivity contribution in [2.75, 3.05) is 20.3 Å². The van der Waals surface area contributed by atoms with Crippen molar-refractivity contribution in [2.24, 2.45) is 0 Å². The van der Waals surface area contributed by atoms with E-state index < -0.39 is 31.5 Å². The molecule has 11 heavy (non-hydrogen) atoms. The van der Waals surface area contributed by atoms with Gasteiger partial charge in [0.15, 0.2) is 0 Å². The summed E-state index contributed by atoms with van der Waals surface area (Å²) in [5, 5.41) is 34.9. The highest BCUT2D eigenvalue weighted by Crippen LogP contribution is 2.02. The van der Waals surface area contributed by atoms with Crippen LogP contribution in [0.1, 0.15) is 0 Å². The SMILES string of the molecule is CO[C@H](CO)[C@H](O)[C@H](O)CO. The molecule has 0 rings (SSSR count). The molecule has 5 nitrogen and oxygen atoms in total. The molecule has 0 saturated carbocycles. The van der Waals surface area contributed by atoms with Gasteiger partial charge in [0.05, 0.1) is 13.2 Å². The summed E-state index contributed by atoms with van der Waals surface area (Å²) in [5.41, 5.74) is 0. The molecule has 0 aliphatic carbocycles. The summed E-state index contributed by atoms with van der Waals surface area (Å²) in [6.45, 7) is -0.949. The Bertz CT molecular complexity index is 93.0. The number of aliphatic hydroxyl groups is 4. The topological polar surface area (TPSA) is 90.2 Å². The van der Waals surface area contributed by atoms with Crippen LogP contribution in [0.5, 0.6) is 0 Å². The molecule has 0 heterocycles. The lowest BCUT2D eigenvalue weighted by atomic mass is 10.1. The van der Waals surface area contributed by atoms with Gasteiger partial charge < -0.3 is 25.2 Å². The van der Waals surface area contributed by atoms with Crippen molar-refractivity contribution in [1.29, 1.82) is 0 Å². The molecule has 0 aliphatic rings. The molecule has 0 aliphatic heterocycles. The Morgan fingerprint density at radius 3 is 2.00 bits per heavy atom. The summed E-state index contributed by atoms with van der Waals surface area (Å²) in [7, 11) is 1.30. The zero-order chi connectivity index (χ0) is 8.85. The maximum atomic E-state index is 9.08. The van der Waals surface area contributed by atoms with Crippen LogP contribution < -0.4 is 0 Å². The zero-order valence-electron chi connectivity index (χ0n) is 6.34. The molecule has 0 fully saturated rings. The predicted octanol–water partition coefficient (Wildman–Crippen LogP) is -2.29. The molecule has 4 N–H and O–H groups in total. The lowest BCUT2D eigenvalue weighted by Crippen LogP contribution is -2.42. The minimum absolute atomic E-state index is 0.394. The minimum Gasteiger partial charge on any atom is -0.394 e. The van der Waals surface area contributed by atoms with Gasteiger partial charge in [-0.3, -0.25) is 0 Å². The molecule has 0 bridgehead atoms. The second kappa shape index (κ2) is 5.45. The molecule has 0 aromatic rings. The van der Waals surface area contributed by atoms with Gasteiger partial charge in [-0.25, -0.2) is 0 Å². The van der Waals surface area contributed by atoms with E-state index in [4.69, 9.17) is 20.4 Å². The molecular formula is C6H14O5. The quantitative estimate of drug-likeness (QED) is 0.369. The van der Waals surface area contributed by atoms with Gasteiger partial charge in [0.1, 0.15) is 18.3 Å². The third-order valence-electron chi connectivity index (χ3n) is 1.44. The summed E-state index contributed by atoms with van der Waals surface area (Å²) in [5.74, 6) is 0. The molecule has 3 atom stereocenters. The average Bonchev–Trinajstić information content (AvgIpc) is 2.05. The molecular weight excluding hydrogens is 152 g/mol. The van der Waals surface area contributed by atoms with Crippen molar-refractivity contribution >= 4 is 0 Å². The molecule has 68 valence electrons. The number of methoxy groups -OCH3 is 1. The number of hydrogen-bond acceptors (Lipinski definition) is 5. The Morgan fingerprint density at radius 1 is 1.18 bits per heavy atom. The number of aliphatic hydroxyl groups excluding tert-OH is 4. The smallest absolute Gasteiger partial charge is 0.110 e. The molecule has 0 amide bonds. The van der Waals surface area contributed by atoms with Gasteiger partial charge in [-0.1, -0.05) is 0 Å². The molecule has 0 unspecified atom stereocenters. The molecule has 0 aromatic heterocycles. The van der Waals surface area contributed by atoms with Gasteiger partial charge in [-0.05, 0) is 0 Å². The van der Waals surface area contributed by atoms with Crippen LogP contribution in [0.15, 0.2) is 0 Å². The van der Waals surface area contributed by atoms with Gasteiger partial charge in [-0.15, -0.1) is 0 Å². The lowest BCUT2D eigenvalue weighted by molar-refractivity contribution is -0.104. The summed E-state index contributed by atoms with van der Waals surface area (Å²) in [6.07, 6.45) is -3.38. The molecule has 0 radical (unpaired) electrons. The van der Waals surface area contributed by atoms with Crippen LogP contribution >= 0.6 is 0 Å². The molecule has 0 aromatic carbocycles. The Balaban J connectivity index is 3.86. The first-order chi connectivity index (χ1) is 5.17. The number of rotatable bonds is 5. The molecule has 5 heteroatoms. The Morgan fingerprint density at radius 2 is 1.73 bits per heavy atom. The predicted molar refractivity (Wildman–Crippen MR) is 37.0 cm³/mol. The van der Waals surface area contributed by atoms with E-state index in [0.29, 0.717) is 0 Å². The summed E-state index contributed by atoms with van der Waals surface area (Å²) in [4.78, 5) is 0. The largest absolute Gasteiger partial charge is 0.394 e. The first kappa shape index (κ1) is 10.8. The van der Waals surface area contributed by atoms with Crippen molar-refractivity contribution in [3.8, 4) is 0 Å². The van der Waals surface area contributed by atoms with Crippen molar-refractivity contribution < 1.29 is 25.2 Å². The fourth-order valence-corrected chi connectivity index (χ4v) is 0.678. The van der Waals surface area contributed by atoms with E-state index in [0.717, 1.165) is 0 Å². The van der Waals surface area contributed by atoms with Crippen molar-refractivity contribution in [2.45, 2.75) is 18.3 Å². The Kier molecular flexibility index (Phi) is 5.35. The first-order valence-corrected chi connectivity index (χ1v) is 3.28. The van der Waals surface area contributed by atoms with Gasteiger partial charge in [0, 0.05) is 7.11 Å². The van der Waals surface area contributed by atoms with Gasteiger partial charge in [-0.2, -0.15) is 0 Å². The van der Waals surface area contributed by atoms with Crippen molar-refractivity contribution in [1.82, 2.24) is 0 Å². The zero-order valence-corrected chi connectivity index (χ0v) is 6.34. The fourth-order valence-electron chi connectivity index (χ4n) is 0.678. The van der Waals surface area contributed by atoms with E-state index in [-0.39, 0.29) is 0 Å². The maximum absolute atomic E-state index is 9.08. The Labute approximate surface area is 64.9 Å². The first-order valence-electron chi connectivity index (χ1n) is 3.28. The van der Waals surface area contributed by atoms with Crippen molar-refractivity contribution in [3.05, 3.63) is 0 Å². The van der Waals surface area contributed by atoms with E-state index in [2.05, 4.69) is 4.74 Å². The molecule has 0 saturated heterocycles. The van der Waals surface area contributed by atoms with Crippen LogP contribution in [0.3, 0.4) is 0 Å². The van der Waals surface area contributed by atoms with Gasteiger partial charge in [0.25, 0.3) is 0 Å². The van der Waals surface area contributed by atoms with Crippen LogP contribution in [0.25, 0.3) is 0 Å². The highest BCUT2D eigenvalue weighted by atomic mass is 16.5. The third kappa shape index (κ3) is 3.13. The number of ether oxygens (including phenoxy) is 1. The van der Waals surface area contributed by atoms with Crippen LogP contribution in [0.2, 0.25) is 0 Å². The average molecular weight is 166 g/mol. The highest BCUT2D eigenvalue weighted by molar-refractivity contribution is 4.74. The normalized spacial score (nSPS) is 19.4. The summed E-state index contributed by atoms with van der Waals surface area (Å²) >= 11 is 0. The second-order valence-electron chi connectivity index (χ2n) is 2.20. The van der Waals surface area contributed by atoms with Crippen LogP contribution in [-0.2, 0) is 4.74 Å². The van der Waals surface area contributed by atoms with E-state index >= 15 is 0 Å². The minimum atomic E-state index is -1.27. The van der Waals surface area contributed by atoms with Gasteiger partial charge in [0.2, 0.25) is 0 Å². The van der Waals surface area contributed by atoms with E-state index in [1.807, 2.05) is 0 Å². The van der Waals surface area contributed by atoms with Crippen molar-refractivity contribution in [3.63, 3.8) is 0 Å². The van der Waals surface area contributed by atoms with Gasteiger partial charge >= 0.3 is 0 Å². The third-order valence-corrected chi connectivity index (χ3v) is 1.44. The van der Waals surface area contributed by atoms with Crippen LogP contribution in [-0.4, -0.2) is 59.1 Å². The monoisotopic (exact) mass is 166 g/mol. The highest BCUT2D eigenvalue weighted by Gasteiger charge is 2.24. The van der Waals surface area contributed by atoms with E-state index in [9.17, 15) is 0 Å². The molecule has 0 spiro atoms. The van der Waals surface area contributed by atoms with Crippen LogP contribution in [0, 0.1) is 0 Å². The lowest BCUT2D eigenvalue weighted by Gasteiger charge is -2.22. The van der Waals surface area contributed by atoms with E-state index in [1.165, 1.54) is 7.11 Å². The summed E-state index contributed by atoms with van der Waals surface area (Å²) < 4.78 is 4.61. The van der Waals surface area contributed by atoms with E-state index in [1.54, 1.807) is 0 Å². The standard InChI is InChI=1S/C6H14O5/c1-11-5(3-8)6(10)4(9)2-7/h4-10H,2-3H2,1H3/t4-,5-,6-/m1/s1.